The number of benzene rings is 1. The first kappa shape index (κ1) is 12.3. The van der Waals surface area contributed by atoms with Gasteiger partial charge in [-0.15, -0.1) is 0 Å². The van der Waals surface area contributed by atoms with Crippen LogP contribution < -0.4 is 5.56 Å². The molecule has 0 saturated carbocycles. The molecule has 94 valence electrons. The first-order valence-corrected chi connectivity index (χ1v) is 5.71. The van der Waals surface area contributed by atoms with Crippen LogP contribution in [0.3, 0.4) is 0 Å². The molecule has 0 aliphatic heterocycles. The summed E-state index contributed by atoms with van der Waals surface area (Å²) in [4.78, 5) is 23.7. The summed E-state index contributed by atoms with van der Waals surface area (Å²) in [7, 11) is 0. The fourth-order valence-corrected chi connectivity index (χ4v) is 2.15. The lowest BCUT2D eigenvalue weighted by Gasteiger charge is -2.11. The topological polar surface area (TPSA) is 72.0 Å². The van der Waals surface area contributed by atoms with E-state index < -0.39 is 5.97 Å². The Balaban J connectivity index is 2.80. The number of aryl methyl sites for hydroxylation is 2. The Morgan fingerprint density at radius 3 is 2.83 bits per heavy atom. The van der Waals surface area contributed by atoms with Crippen LogP contribution in [-0.2, 0) is 4.74 Å². The lowest BCUT2D eigenvalue weighted by Crippen LogP contribution is -2.14. The van der Waals surface area contributed by atoms with Crippen LogP contribution in [0.25, 0.3) is 10.8 Å². The minimum absolute atomic E-state index is 0.296. The molecule has 1 N–H and O–H groups in total. The first-order chi connectivity index (χ1) is 8.56. The van der Waals surface area contributed by atoms with Crippen molar-refractivity contribution in [1.29, 1.82) is 0 Å². The largest absolute Gasteiger partial charge is 0.462 e. The molecular weight excluding hydrogens is 232 g/mol. The summed E-state index contributed by atoms with van der Waals surface area (Å²) in [6, 6.07) is 1.77. The standard InChI is InChI=1S/C13H14N2O3/c1-4-18-13(17)10-7(2)5-9-6-14-15-12(16)11(9)8(10)3/h5-6H,4H2,1-3H3,(H,15,16). The second kappa shape index (κ2) is 4.60. The minimum atomic E-state index is -0.398. The van der Waals surface area contributed by atoms with Crippen LogP contribution in [0.5, 0.6) is 0 Å². The van der Waals surface area contributed by atoms with Crippen molar-refractivity contribution in [3.63, 3.8) is 0 Å². The Labute approximate surface area is 104 Å². The van der Waals surface area contributed by atoms with Gasteiger partial charge >= 0.3 is 5.97 Å². The smallest absolute Gasteiger partial charge is 0.338 e. The Kier molecular flexibility index (Phi) is 3.14. The van der Waals surface area contributed by atoms with Gasteiger partial charge in [0.15, 0.2) is 0 Å². The maximum atomic E-state index is 11.9. The van der Waals surface area contributed by atoms with E-state index in [0.717, 1.165) is 10.9 Å². The van der Waals surface area contributed by atoms with Crippen molar-refractivity contribution in [2.45, 2.75) is 20.8 Å². The number of nitrogens with zero attached hydrogens (tertiary/aromatic N) is 1. The number of esters is 1. The zero-order valence-electron chi connectivity index (χ0n) is 10.5. The van der Waals surface area contributed by atoms with E-state index in [9.17, 15) is 9.59 Å². The van der Waals surface area contributed by atoms with Gasteiger partial charge in [-0.3, -0.25) is 4.79 Å². The number of aromatic amines is 1. The third kappa shape index (κ3) is 1.88. The van der Waals surface area contributed by atoms with Gasteiger partial charge in [0.1, 0.15) is 0 Å². The monoisotopic (exact) mass is 246 g/mol. The maximum absolute atomic E-state index is 11.9. The fourth-order valence-electron chi connectivity index (χ4n) is 2.15. The second-order valence-corrected chi connectivity index (χ2v) is 4.08. The van der Waals surface area contributed by atoms with Gasteiger partial charge in [0.25, 0.3) is 5.56 Å². The normalized spacial score (nSPS) is 10.6. The Morgan fingerprint density at radius 2 is 2.17 bits per heavy atom. The molecule has 0 spiro atoms. The van der Waals surface area contributed by atoms with E-state index in [1.165, 1.54) is 0 Å². The Bertz CT molecular complexity index is 674. The van der Waals surface area contributed by atoms with Crippen LogP contribution in [-0.4, -0.2) is 22.8 Å². The molecule has 1 aromatic carbocycles. The fraction of sp³-hybridized carbons (Fsp3) is 0.308. The number of hydrogen-bond acceptors (Lipinski definition) is 4. The van der Waals surface area contributed by atoms with Crippen LogP contribution in [0.2, 0.25) is 0 Å². The number of rotatable bonds is 2. The van der Waals surface area contributed by atoms with E-state index >= 15 is 0 Å². The molecule has 5 nitrogen and oxygen atoms in total. The van der Waals surface area contributed by atoms with E-state index in [4.69, 9.17) is 4.74 Å². The molecule has 0 aliphatic rings. The number of fused-ring (bicyclic) bond motifs is 1. The molecule has 0 amide bonds. The van der Waals surface area contributed by atoms with E-state index in [0.29, 0.717) is 23.1 Å². The molecule has 0 bridgehead atoms. The summed E-state index contributed by atoms with van der Waals surface area (Å²) in [5.41, 5.74) is 1.58. The number of carbonyl (C=O) groups excluding carboxylic acids is 1. The van der Waals surface area contributed by atoms with Crippen LogP contribution in [0.4, 0.5) is 0 Å². The van der Waals surface area contributed by atoms with Crippen molar-refractivity contribution in [2.24, 2.45) is 0 Å². The number of carbonyl (C=O) groups is 1. The van der Waals surface area contributed by atoms with E-state index in [1.54, 1.807) is 26.1 Å². The molecule has 0 unspecified atom stereocenters. The quantitative estimate of drug-likeness (QED) is 0.819. The molecule has 5 heteroatoms. The van der Waals surface area contributed by atoms with Crippen molar-refractivity contribution >= 4 is 16.7 Å². The van der Waals surface area contributed by atoms with Gasteiger partial charge < -0.3 is 4.74 Å². The number of hydrogen-bond donors (Lipinski definition) is 1. The van der Waals surface area contributed by atoms with E-state index in [1.807, 2.05) is 6.92 Å². The van der Waals surface area contributed by atoms with Crippen molar-refractivity contribution in [1.82, 2.24) is 10.2 Å². The number of aromatic nitrogens is 2. The summed E-state index contributed by atoms with van der Waals surface area (Å²) in [6.45, 7) is 5.62. The van der Waals surface area contributed by atoms with Crippen molar-refractivity contribution in [2.75, 3.05) is 6.61 Å². The molecule has 0 atom stereocenters. The summed E-state index contributed by atoms with van der Waals surface area (Å²) in [5, 5.41) is 7.34. The van der Waals surface area contributed by atoms with E-state index in [2.05, 4.69) is 10.2 Å². The summed E-state index contributed by atoms with van der Waals surface area (Å²) in [6.07, 6.45) is 1.58. The third-order valence-electron chi connectivity index (χ3n) is 2.88. The molecular formula is C13H14N2O3. The SMILES string of the molecule is CCOC(=O)c1c(C)cc2cn[nH]c(=O)c2c1C. The molecule has 0 radical (unpaired) electrons. The molecule has 1 aromatic heterocycles. The van der Waals surface area contributed by atoms with Crippen LogP contribution in [0, 0.1) is 13.8 Å². The summed E-state index contributed by atoms with van der Waals surface area (Å²) >= 11 is 0. The highest BCUT2D eigenvalue weighted by Gasteiger charge is 2.17. The number of H-pyrrole nitrogens is 1. The van der Waals surface area contributed by atoms with Gasteiger partial charge in [-0.1, -0.05) is 0 Å². The lowest BCUT2D eigenvalue weighted by atomic mass is 9.97. The van der Waals surface area contributed by atoms with Gasteiger partial charge in [-0.2, -0.15) is 5.10 Å². The predicted molar refractivity (Wildman–Crippen MR) is 67.8 cm³/mol. The average Bonchev–Trinajstić information content (AvgIpc) is 2.28. The zero-order valence-corrected chi connectivity index (χ0v) is 10.5. The highest BCUT2D eigenvalue weighted by atomic mass is 16.5. The highest BCUT2D eigenvalue weighted by molar-refractivity contribution is 5.99. The average molecular weight is 246 g/mol. The zero-order chi connectivity index (χ0) is 13.3. The van der Waals surface area contributed by atoms with Crippen molar-refractivity contribution in [3.8, 4) is 0 Å². The minimum Gasteiger partial charge on any atom is -0.462 e. The third-order valence-corrected chi connectivity index (χ3v) is 2.88. The van der Waals surface area contributed by atoms with Crippen LogP contribution in [0.15, 0.2) is 17.1 Å². The van der Waals surface area contributed by atoms with Crippen molar-refractivity contribution < 1.29 is 9.53 Å². The molecule has 2 aromatic rings. The van der Waals surface area contributed by atoms with Crippen LogP contribution in [0.1, 0.15) is 28.4 Å². The number of ether oxygens (including phenoxy) is 1. The Morgan fingerprint density at radius 1 is 1.44 bits per heavy atom. The lowest BCUT2D eigenvalue weighted by molar-refractivity contribution is 0.0525. The van der Waals surface area contributed by atoms with E-state index in [-0.39, 0.29) is 5.56 Å². The second-order valence-electron chi connectivity index (χ2n) is 4.08. The van der Waals surface area contributed by atoms with Gasteiger partial charge in [0.2, 0.25) is 0 Å². The first-order valence-electron chi connectivity index (χ1n) is 5.71. The molecule has 18 heavy (non-hydrogen) atoms. The summed E-state index contributed by atoms with van der Waals surface area (Å²) < 4.78 is 5.01. The van der Waals surface area contributed by atoms with Crippen molar-refractivity contribution in [3.05, 3.63) is 39.3 Å². The molecule has 0 saturated heterocycles. The molecule has 2 rings (SSSR count). The van der Waals surface area contributed by atoms with Gasteiger partial charge in [0.05, 0.1) is 23.8 Å². The predicted octanol–water partition coefficient (Wildman–Crippen LogP) is 1.72. The summed E-state index contributed by atoms with van der Waals surface area (Å²) in [5.74, 6) is -0.398. The van der Waals surface area contributed by atoms with Gasteiger partial charge in [0, 0.05) is 5.39 Å². The van der Waals surface area contributed by atoms with Crippen LogP contribution >= 0.6 is 0 Å². The molecule has 0 fully saturated rings. The molecule has 1 heterocycles. The molecule has 0 aliphatic carbocycles. The highest BCUT2D eigenvalue weighted by Crippen LogP contribution is 2.22. The maximum Gasteiger partial charge on any atom is 0.338 e. The van der Waals surface area contributed by atoms with Gasteiger partial charge in [-0.05, 0) is 38.0 Å². The van der Waals surface area contributed by atoms with Gasteiger partial charge in [-0.25, -0.2) is 9.89 Å². The number of nitrogens with one attached hydrogen (secondary N) is 1. The Hall–Kier alpha value is -2.17.